The van der Waals surface area contributed by atoms with Crippen LogP contribution in [-0.4, -0.2) is 46.9 Å². The Bertz CT molecular complexity index is 799. The smallest absolute Gasteiger partial charge is 0.337 e. The molecule has 0 saturated carbocycles. The molecular weight excluding hydrogens is 332 g/mol. The molecular formula is C19H22N4O3. The summed E-state index contributed by atoms with van der Waals surface area (Å²) in [6.07, 6.45) is 3.24. The van der Waals surface area contributed by atoms with E-state index < -0.39 is 5.97 Å². The number of methoxy groups -OCH3 is 1. The van der Waals surface area contributed by atoms with Crippen LogP contribution < -0.4 is 5.32 Å². The summed E-state index contributed by atoms with van der Waals surface area (Å²) in [5.41, 5.74) is 2.30. The monoisotopic (exact) mass is 354 g/mol. The van der Waals surface area contributed by atoms with Crippen LogP contribution in [0.2, 0.25) is 0 Å². The third-order valence-corrected chi connectivity index (χ3v) is 4.28. The highest BCUT2D eigenvalue weighted by Crippen LogP contribution is 2.17. The van der Waals surface area contributed by atoms with Gasteiger partial charge in [-0.05, 0) is 56.5 Å². The van der Waals surface area contributed by atoms with E-state index in [1.54, 1.807) is 30.3 Å². The van der Waals surface area contributed by atoms with Crippen molar-refractivity contribution in [1.82, 2.24) is 14.9 Å². The van der Waals surface area contributed by atoms with Crippen LogP contribution in [0.5, 0.6) is 0 Å². The Morgan fingerprint density at radius 2 is 1.77 bits per heavy atom. The fourth-order valence-electron chi connectivity index (χ4n) is 2.93. The van der Waals surface area contributed by atoms with E-state index in [-0.39, 0.29) is 5.91 Å². The van der Waals surface area contributed by atoms with E-state index in [4.69, 9.17) is 0 Å². The average molecular weight is 354 g/mol. The summed E-state index contributed by atoms with van der Waals surface area (Å²) in [6, 6.07) is 8.50. The Morgan fingerprint density at radius 3 is 2.42 bits per heavy atom. The van der Waals surface area contributed by atoms with Crippen LogP contribution in [0.25, 0.3) is 0 Å². The number of carbonyl (C=O) groups is 2. The number of ether oxygens (including phenoxy) is 1. The van der Waals surface area contributed by atoms with Crippen molar-refractivity contribution in [3.63, 3.8) is 0 Å². The maximum Gasteiger partial charge on any atom is 0.337 e. The lowest BCUT2D eigenvalue weighted by molar-refractivity contribution is 0.0600. The van der Waals surface area contributed by atoms with Gasteiger partial charge in [0.1, 0.15) is 5.69 Å². The van der Waals surface area contributed by atoms with Gasteiger partial charge in [0.2, 0.25) is 5.95 Å². The second kappa shape index (κ2) is 7.95. The minimum atomic E-state index is -0.391. The van der Waals surface area contributed by atoms with Crippen molar-refractivity contribution in [2.45, 2.75) is 26.2 Å². The Labute approximate surface area is 152 Å². The van der Waals surface area contributed by atoms with Crippen molar-refractivity contribution in [1.29, 1.82) is 0 Å². The molecule has 3 rings (SSSR count). The van der Waals surface area contributed by atoms with E-state index in [2.05, 4.69) is 20.0 Å². The molecule has 7 heteroatoms. The number of anilines is 2. The van der Waals surface area contributed by atoms with Crippen LogP contribution in [0.3, 0.4) is 0 Å². The highest BCUT2D eigenvalue weighted by molar-refractivity contribution is 5.93. The molecule has 0 aliphatic carbocycles. The average Bonchev–Trinajstić information content (AvgIpc) is 2.67. The lowest BCUT2D eigenvalue weighted by Gasteiger charge is -2.26. The number of hydrogen-bond donors (Lipinski definition) is 1. The minimum absolute atomic E-state index is 0.0562. The van der Waals surface area contributed by atoms with E-state index >= 15 is 0 Å². The maximum absolute atomic E-state index is 12.7. The van der Waals surface area contributed by atoms with Gasteiger partial charge in [0.25, 0.3) is 5.91 Å². The van der Waals surface area contributed by atoms with E-state index in [1.807, 2.05) is 11.8 Å². The van der Waals surface area contributed by atoms with Gasteiger partial charge in [-0.15, -0.1) is 0 Å². The van der Waals surface area contributed by atoms with Crippen molar-refractivity contribution in [3.05, 3.63) is 47.3 Å². The van der Waals surface area contributed by atoms with Gasteiger partial charge in [-0.25, -0.2) is 14.8 Å². The summed E-state index contributed by atoms with van der Waals surface area (Å²) in [6.45, 7) is 3.39. The highest BCUT2D eigenvalue weighted by atomic mass is 16.5. The lowest BCUT2D eigenvalue weighted by Crippen LogP contribution is -2.36. The molecule has 1 N–H and O–H groups in total. The molecule has 1 amide bonds. The molecule has 0 spiro atoms. The number of nitrogens with one attached hydrogen (secondary N) is 1. The Balaban J connectivity index is 1.77. The second-order valence-corrected chi connectivity index (χ2v) is 6.26. The molecule has 0 bridgehead atoms. The van der Waals surface area contributed by atoms with Crippen molar-refractivity contribution < 1.29 is 14.3 Å². The summed E-state index contributed by atoms with van der Waals surface area (Å²) in [5, 5.41) is 3.08. The first-order valence-corrected chi connectivity index (χ1v) is 8.67. The summed E-state index contributed by atoms with van der Waals surface area (Å²) in [5.74, 6) is -0.0896. The first-order valence-electron chi connectivity index (χ1n) is 8.67. The second-order valence-electron chi connectivity index (χ2n) is 6.26. The Hall–Kier alpha value is -2.96. The number of likely N-dealkylation sites (tertiary alicyclic amines) is 1. The van der Waals surface area contributed by atoms with E-state index in [0.717, 1.165) is 31.6 Å². The van der Waals surface area contributed by atoms with Gasteiger partial charge in [-0.3, -0.25) is 4.79 Å². The van der Waals surface area contributed by atoms with E-state index in [0.29, 0.717) is 22.9 Å². The van der Waals surface area contributed by atoms with Crippen LogP contribution in [-0.2, 0) is 4.74 Å². The number of hydrogen-bond acceptors (Lipinski definition) is 6. The van der Waals surface area contributed by atoms with Crippen LogP contribution in [0, 0.1) is 6.92 Å². The number of rotatable bonds is 4. The zero-order valence-electron chi connectivity index (χ0n) is 15.0. The largest absolute Gasteiger partial charge is 0.465 e. The number of nitrogens with zero attached hydrogens (tertiary/aromatic N) is 3. The fourth-order valence-corrected chi connectivity index (χ4v) is 2.93. The van der Waals surface area contributed by atoms with Crippen LogP contribution >= 0.6 is 0 Å². The predicted octanol–water partition coefficient (Wildman–Crippen LogP) is 2.94. The molecule has 136 valence electrons. The molecule has 1 aromatic heterocycles. The molecule has 7 nitrogen and oxygen atoms in total. The van der Waals surface area contributed by atoms with E-state index in [1.165, 1.54) is 13.5 Å². The zero-order valence-corrected chi connectivity index (χ0v) is 15.0. The van der Waals surface area contributed by atoms with Crippen LogP contribution in [0.15, 0.2) is 30.3 Å². The minimum Gasteiger partial charge on any atom is -0.465 e. The number of benzene rings is 1. The van der Waals surface area contributed by atoms with Gasteiger partial charge in [-0.1, -0.05) is 0 Å². The zero-order chi connectivity index (χ0) is 18.5. The third-order valence-electron chi connectivity index (χ3n) is 4.28. The van der Waals surface area contributed by atoms with Gasteiger partial charge in [0, 0.05) is 24.5 Å². The van der Waals surface area contributed by atoms with Crippen molar-refractivity contribution >= 4 is 23.5 Å². The molecule has 1 aliphatic rings. The molecule has 0 radical (unpaired) electrons. The van der Waals surface area contributed by atoms with Crippen molar-refractivity contribution in [2.75, 3.05) is 25.5 Å². The quantitative estimate of drug-likeness (QED) is 0.850. The SMILES string of the molecule is COC(=O)c1ccc(Nc2nc(C)cc(C(=O)N3CCCCC3)n2)cc1. The molecule has 2 aromatic rings. The number of aryl methyl sites for hydroxylation is 1. The van der Waals surface area contributed by atoms with Crippen LogP contribution in [0.1, 0.15) is 45.8 Å². The molecule has 0 unspecified atom stereocenters. The molecule has 1 saturated heterocycles. The standard InChI is InChI=1S/C19H22N4O3/c1-13-12-16(17(24)23-10-4-3-5-11-23)22-19(20-13)21-15-8-6-14(7-9-15)18(25)26-2/h6-9,12H,3-5,10-11H2,1-2H3,(H,20,21,22). The van der Waals surface area contributed by atoms with Gasteiger partial charge in [0.15, 0.2) is 0 Å². The Morgan fingerprint density at radius 1 is 1.08 bits per heavy atom. The van der Waals surface area contributed by atoms with E-state index in [9.17, 15) is 9.59 Å². The molecule has 1 aromatic carbocycles. The number of carbonyl (C=O) groups excluding carboxylic acids is 2. The Kier molecular flexibility index (Phi) is 5.46. The number of amides is 1. The summed E-state index contributed by atoms with van der Waals surface area (Å²) >= 11 is 0. The normalized spacial score (nSPS) is 14.0. The number of aromatic nitrogens is 2. The molecule has 1 aliphatic heterocycles. The fraction of sp³-hybridized carbons (Fsp3) is 0.368. The predicted molar refractivity (Wildman–Crippen MR) is 97.6 cm³/mol. The van der Waals surface area contributed by atoms with Gasteiger partial charge in [-0.2, -0.15) is 0 Å². The number of piperidine rings is 1. The first kappa shape index (κ1) is 17.8. The molecule has 1 fully saturated rings. The third kappa shape index (κ3) is 4.17. The topological polar surface area (TPSA) is 84.4 Å². The number of esters is 1. The van der Waals surface area contributed by atoms with Crippen molar-refractivity contribution in [3.8, 4) is 0 Å². The summed E-state index contributed by atoms with van der Waals surface area (Å²) in [4.78, 5) is 34.7. The summed E-state index contributed by atoms with van der Waals surface area (Å²) in [7, 11) is 1.34. The molecule has 2 heterocycles. The first-order chi connectivity index (χ1) is 12.6. The molecule has 26 heavy (non-hydrogen) atoms. The highest BCUT2D eigenvalue weighted by Gasteiger charge is 2.20. The van der Waals surface area contributed by atoms with Crippen molar-refractivity contribution in [2.24, 2.45) is 0 Å². The van der Waals surface area contributed by atoms with Crippen LogP contribution in [0.4, 0.5) is 11.6 Å². The summed E-state index contributed by atoms with van der Waals surface area (Å²) < 4.78 is 4.68. The van der Waals surface area contributed by atoms with Gasteiger partial charge < -0.3 is 15.0 Å². The van der Waals surface area contributed by atoms with Gasteiger partial charge in [0.05, 0.1) is 12.7 Å². The maximum atomic E-state index is 12.7. The lowest BCUT2D eigenvalue weighted by atomic mass is 10.1. The molecule has 0 atom stereocenters. The van der Waals surface area contributed by atoms with Gasteiger partial charge >= 0.3 is 5.97 Å².